The largest absolute Gasteiger partial charge is 0.458 e. The number of carbonyl (C=O) groups excluding carboxylic acids is 2. The second-order valence-corrected chi connectivity index (χ2v) is 7.05. The Morgan fingerprint density at radius 3 is 2.69 bits per heavy atom. The molecule has 1 saturated heterocycles. The van der Waals surface area contributed by atoms with Crippen LogP contribution in [0.5, 0.6) is 0 Å². The number of esters is 2. The second kappa shape index (κ2) is 7.21. The average molecular weight is 360 g/mol. The second-order valence-electron chi connectivity index (χ2n) is 7.05. The molecule has 1 aliphatic carbocycles. The molecule has 140 valence electrons. The molecule has 0 amide bonds. The normalized spacial score (nSPS) is 35.7. The zero-order valence-corrected chi connectivity index (χ0v) is 15.3. The van der Waals surface area contributed by atoms with Crippen molar-refractivity contribution >= 4 is 11.9 Å². The lowest BCUT2D eigenvalue weighted by Crippen LogP contribution is -2.34. The van der Waals surface area contributed by atoms with Gasteiger partial charge in [0.2, 0.25) is 0 Å². The van der Waals surface area contributed by atoms with Crippen LogP contribution in [0.1, 0.15) is 26.7 Å². The summed E-state index contributed by atoms with van der Waals surface area (Å²) in [5, 5.41) is 0. The first kappa shape index (κ1) is 18.6. The summed E-state index contributed by atoms with van der Waals surface area (Å²) in [6.07, 6.45) is 3.18. The number of hydrogen-bond donors (Lipinski definition) is 0. The van der Waals surface area contributed by atoms with Crippen LogP contribution in [0.25, 0.3) is 0 Å². The standard InChI is InChI=1S/C20H24O6/c1-10(2)18(21)25-16-9-13-8-14(24-20(13)23-5)6-11(3)7-15-17(16)12(4)19(22)26-15/h7-8,14-17,20H,1,4,6,9H2,2-3,5H3/b11-7+/t14-,15-,16+,17+,20+/m1/s1. The van der Waals surface area contributed by atoms with Crippen molar-refractivity contribution in [1.29, 1.82) is 0 Å². The first-order valence-electron chi connectivity index (χ1n) is 8.62. The maximum Gasteiger partial charge on any atom is 0.334 e. The van der Waals surface area contributed by atoms with Crippen molar-refractivity contribution < 1.29 is 28.5 Å². The monoisotopic (exact) mass is 360 g/mol. The van der Waals surface area contributed by atoms with E-state index >= 15 is 0 Å². The van der Waals surface area contributed by atoms with E-state index in [0.29, 0.717) is 24.0 Å². The van der Waals surface area contributed by atoms with Gasteiger partial charge in [-0.05, 0) is 31.9 Å². The van der Waals surface area contributed by atoms with Gasteiger partial charge in [-0.1, -0.05) is 24.8 Å². The van der Waals surface area contributed by atoms with E-state index in [1.165, 1.54) is 0 Å². The molecule has 1 fully saturated rings. The lowest BCUT2D eigenvalue weighted by atomic mass is 9.85. The highest BCUT2D eigenvalue weighted by Crippen LogP contribution is 2.39. The van der Waals surface area contributed by atoms with E-state index < -0.39 is 36.4 Å². The third-order valence-corrected chi connectivity index (χ3v) is 4.89. The fourth-order valence-corrected chi connectivity index (χ4v) is 3.64. The quantitative estimate of drug-likeness (QED) is 0.438. The molecule has 0 unspecified atom stereocenters. The van der Waals surface area contributed by atoms with Crippen molar-refractivity contribution in [2.45, 2.75) is 51.3 Å². The SMILES string of the molecule is C=C(C)C(=O)O[C@H]1CC2=C[C@@H](C/C(C)=C/[C@H]3OC(=O)C(=C)[C@H]13)O[C@@H]2OC. The fraction of sp³-hybridized carbons (Fsp3) is 0.500. The topological polar surface area (TPSA) is 71.1 Å². The van der Waals surface area contributed by atoms with E-state index in [4.69, 9.17) is 18.9 Å². The molecule has 0 saturated carbocycles. The molecule has 6 heteroatoms. The van der Waals surface area contributed by atoms with Crippen LogP contribution in [-0.2, 0) is 28.5 Å². The van der Waals surface area contributed by atoms with Gasteiger partial charge in [-0.3, -0.25) is 0 Å². The molecule has 0 radical (unpaired) electrons. The van der Waals surface area contributed by atoms with Gasteiger partial charge in [-0.2, -0.15) is 0 Å². The van der Waals surface area contributed by atoms with E-state index in [0.717, 1.165) is 11.1 Å². The predicted octanol–water partition coefficient (Wildman–Crippen LogP) is 2.61. The number of methoxy groups -OCH3 is 1. The summed E-state index contributed by atoms with van der Waals surface area (Å²) >= 11 is 0. The van der Waals surface area contributed by atoms with Gasteiger partial charge in [0.05, 0.1) is 12.0 Å². The molecule has 0 aromatic carbocycles. The summed E-state index contributed by atoms with van der Waals surface area (Å²) < 4.78 is 22.5. The van der Waals surface area contributed by atoms with E-state index in [-0.39, 0.29) is 6.10 Å². The van der Waals surface area contributed by atoms with E-state index in [1.54, 1.807) is 14.0 Å². The van der Waals surface area contributed by atoms with Crippen LogP contribution in [-0.4, -0.2) is 43.7 Å². The van der Waals surface area contributed by atoms with Crippen LogP contribution >= 0.6 is 0 Å². The Hall–Kier alpha value is -2.18. The molecular formula is C20H24O6. The predicted molar refractivity (Wildman–Crippen MR) is 93.9 cm³/mol. The highest BCUT2D eigenvalue weighted by atomic mass is 16.7. The molecule has 2 heterocycles. The maximum atomic E-state index is 12.2. The van der Waals surface area contributed by atoms with Gasteiger partial charge < -0.3 is 18.9 Å². The van der Waals surface area contributed by atoms with Crippen molar-refractivity contribution in [3.05, 3.63) is 47.6 Å². The molecule has 0 spiro atoms. The molecule has 26 heavy (non-hydrogen) atoms. The molecule has 5 atom stereocenters. The summed E-state index contributed by atoms with van der Waals surface area (Å²) in [6.45, 7) is 11.1. The minimum absolute atomic E-state index is 0.124. The van der Waals surface area contributed by atoms with Crippen molar-refractivity contribution in [1.82, 2.24) is 0 Å². The third kappa shape index (κ3) is 3.52. The van der Waals surface area contributed by atoms with Gasteiger partial charge in [0, 0.05) is 24.7 Å². The first-order chi connectivity index (χ1) is 12.3. The summed E-state index contributed by atoms with van der Waals surface area (Å²) in [7, 11) is 1.57. The van der Waals surface area contributed by atoms with E-state index in [2.05, 4.69) is 13.2 Å². The fourth-order valence-electron chi connectivity index (χ4n) is 3.64. The molecule has 3 aliphatic rings. The van der Waals surface area contributed by atoms with Crippen LogP contribution in [0, 0.1) is 5.92 Å². The zero-order valence-electron chi connectivity index (χ0n) is 15.3. The van der Waals surface area contributed by atoms with Gasteiger partial charge in [0.25, 0.3) is 0 Å². The van der Waals surface area contributed by atoms with Crippen molar-refractivity contribution in [2.24, 2.45) is 5.92 Å². The summed E-state index contributed by atoms with van der Waals surface area (Å²) in [6, 6.07) is 0. The number of fused-ring (bicyclic) bond motifs is 2. The van der Waals surface area contributed by atoms with Crippen molar-refractivity contribution in [3.8, 4) is 0 Å². The van der Waals surface area contributed by atoms with E-state index in [9.17, 15) is 9.59 Å². The number of ether oxygens (including phenoxy) is 4. The molecule has 0 aromatic rings. The molecule has 2 bridgehead atoms. The third-order valence-electron chi connectivity index (χ3n) is 4.89. The highest BCUT2D eigenvalue weighted by molar-refractivity contribution is 5.91. The molecule has 2 aliphatic heterocycles. The summed E-state index contributed by atoms with van der Waals surface area (Å²) in [4.78, 5) is 24.3. The lowest BCUT2D eigenvalue weighted by Gasteiger charge is -2.27. The van der Waals surface area contributed by atoms with Gasteiger partial charge in [-0.25, -0.2) is 9.59 Å². The minimum atomic E-state index is -0.628. The van der Waals surface area contributed by atoms with Crippen LogP contribution in [0.3, 0.4) is 0 Å². The van der Waals surface area contributed by atoms with Crippen LogP contribution < -0.4 is 0 Å². The molecule has 0 aromatic heterocycles. The Kier molecular flexibility index (Phi) is 5.16. The number of hydrogen-bond acceptors (Lipinski definition) is 6. The summed E-state index contributed by atoms with van der Waals surface area (Å²) in [5.74, 6) is -1.43. The van der Waals surface area contributed by atoms with Gasteiger partial charge in [-0.15, -0.1) is 0 Å². The smallest absolute Gasteiger partial charge is 0.334 e. The zero-order chi connectivity index (χ0) is 19.0. The Balaban J connectivity index is 2.00. The van der Waals surface area contributed by atoms with Crippen molar-refractivity contribution in [3.63, 3.8) is 0 Å². The summed E-state index contributed by atoms with van der Waals surface area (Å²) in [5.41, 5.74) is 2.51. The van der Waals surface area contributed by atoms with E-state index in [1.807, 2.05) is 19.1 Å². The molecule has 3 rings (SSSR count). The Morgan fingerprint density at radius 2 is 2.04 bits per heavy atom. The van der Waals surface area contributed by atoms with Gasteiger partial charge in [0.1, 0.15) is 12.2 Å². The Bertz CT molecular complexity index is 716. The first-order valence-corrected chi connectivity index (χ1v) is 8.62. The van der Waals surface area contributed by atoms with Crippen molar-refractivity contribution in [2.75, 3.05) is 7.11 Å². The average Bonchev–Trinajstić information content (AvgIpc) is 3.06. The Morgan fingerprint density at radius 1 is 1.31 bits per heavy atom. The molecular weight excluding hydrogens is 336 g/mol. The molecule has 6 nitrogen and oxygen atoms in total. The van der Waals surface area contributed by atoms with Gasteiger partial charge in [0.15, 0.2) is 6.29 Å². The number of carbonyl (C=O) groups is 2. The van der Waals surface area contributed by atoms with Gasteiger partial charge >= 0.3 is 11.9 Å². The van der Waals surface area contributed by atoms with Crippen LogP contribution in [0.4, 0.5) is 0 Å². The van der Waals surface area contributed by atoms with Crippen LogP contribution in [0.2, 0.25) is 0 Å². The van der Waals surface area contributed by atoms with Crippen LogP contribution in [0.15, 0.2) is 47.6 Å². The minimum Gasteiger partial charge on any atom is -0.458 e. The Labute approximate surface area is 153 Å². The maximum absolute atomic E-state index is 12.2. The molecule has 0 N–H and O–H groups in total. The number of rotatable bonds is 3. The lowest BCUT2D eigenvalue weighted by molar-refractivity contribution is -0.148. The highest BCUT2D eigenvalue weighted by Gasteiger charge is 2.46.